The average molecular weight is 1520 g/mol. The van der Waals surface area contributed by atoms with Gasteiger partial charge in [-0.25, -0.2) is 9.13 Å². The number of unbranched alkanes of at least 4 members (excludes halogenated alkanes) is 46. The molecule has 0 bridgehead atoms. The Labute approximate surface area is 638 Å². The van der Waals surface area contributed by atoms with Crippen molar-refractivity contribution in [3.8, 4) is 0 Å². The van der Waals surface area contributed by atoms with Gasteiger partial charge in [-0.05, 0) is 49.4 Å². The number of carbonyl (C=O) groups excluding carboxylic acids is 4. The predicted octanol–water partition coefficient (Wildman–Crippen LogP) is 25.6. The van der Waals surface area contributed by atoms with E-state index >= 15 is 0 Å². The number of hydrogen-bond acceptors (Lipinski definition) is 15. The maximum atomic E-state index is 13.1. The zero-order valence-corrected chi connectivity index (χ0v) is 70.5. The van der Waals surface area contributed by atoms with E-state index in [0.29, 0.717) is 31.6 Å². The van der Waals surface area contributed by atoms with Crippen molar-refractivity contribution in [3.05, 3.63) is 0 Å². The molecule has 17 nitrogen and oxygen atoms in total. The zero-order chi connectivity index (χ0) is 76.7. The normalized spacial score (nSPS) is 14.5. The fourth-order valence-corrected chi connectivity index (χ4v) is 14.7. The van der Waals surface area contributed by atoms with Gasteiger partial charge in [-0.3, -0.25) is 37.3 Å². The third kappa shape index (κ3) is 75.5. The lowest BCUT2D eigenvalue weighted by Crippen LogP contribution is -2.30. The summed E-state index contributed by atoms with van der Waals surface area (Å²) >= 11 is 0. The van der Waals surface area contributed by atoms with E-state index in [0.717, 1.165) is 114 Å². The van der Waals surface area contributed by atoms with E-state index in [1.165, 1.54) is 238 Å². The molecule has 0 spiro atoms. The molecule has 0 aromatic heterocycles. The fraction of sp³-hybridized carbons (Fsp3) is 0.953. The number of phosphoric acid groups is 2. The molecule has 7 atom stereocenters. The quantitative estimate of drug-likeness (QED) is 0.0222. The van der Waals surface area contributed by atoms with Crippen molar-refractivity contribution < 1.29 is 80.2 Å². The van der Waals surface area contributed by atoms with E-state index in [9.17, 15) is 43.2 Å². The Kier molecular flexibility index (Phi) is 72.5. The molecule has 0 aliphatic rings. The summed E-state index contributed by atoms with van der Waals surface area (Å²) in [6.45, 7) is 14.3. The summed E-state index contributed by atoms with van der Waals surface area (Å²) in [6.07, 6.45) is 62.6. The highest BCUT2D eigenvalue weighted by Crippen LogP contribution is 2.45. The van der Waals surface area contributed by atoms with Crippen molar-refractivity contribution in [1.29, 1.82) is 0 Å². The number of esters is 4. The van der Waals surface area contributed by atoms with E-state index < -0.39 is 97.5 Å². The molecule has 0 saturated carbocycles. The number of rotatable bonds is 82. The lowest BCUT2D eigenvalue weighted by molar-refractivity contribution is -0.161. The van der Waals surface area contributed by atoms with Gasteiger partial charge in [-0.15, -0.1) is 0 Å². The highest BCUT2D eigenvalue weighted by molar-refractivity contribution is 7.47. The van der Waals surface area contributed by atoms with E-state index in [-0.39, 0.29) is 25.7 Å². The SMILES string of the molecule is CCC(C)CCCCCCCCCCCCCCCCCCCCC(=O)O[C@H](COC(=O)CCCCCCCCC(C)C)COP(=O)(O)OC[C@H](O)COP(=O)(O)OC[C@@H](COC(=O)CCCCCCCCCCCCCCCCCCC(C)C)OC(=O)CCCCCCCCCCCCC(C)CC. The van der Waals surface area contributed by atoms with Crippen LogP contribution in [0.3, 0.4) is 0 Å². The molecule has 0 rings (SSSR count). The molecule has 0 aliphatic heterocycles. The number of aliphatic hydroxyl groups excluding tert-OH is 1. The van der Waals surface area contributed by atoms with Crippen LogP contribution >= 0.6 is 15.6 Å². The molecule has 4 unspecified atom stereocenters. The van der Waals surface area contributed by atoms with Gasteiger partial charge in [0.2, 0.25) is 0 Å². The topological polar surface area (TPSA) is 237 Å². The lowest BCUT2D eigenvalue weighted by Gasteiger charge is -2.21. The molecule has 0 radical (unpaired) electrons. The zero-order valence-electron chi connectivity index (χ0n) is 68.7. The van der Waals surface area contributed by atoms with Crippen molar-refractivity contribution in [2.24, 2.45) is 23.7 Å². The summed E-state index contributed by atoms with van der Waals surface area (Å²) in [5.74, 6) is 1.05. The van der Waals surface area contributed by atoms with Crippen LogP contribution in [0.15, 0.2) is 0 Å². The summed E-state index contributed by atoms with van der Waals surface area (Å²) in [4.78, 5) is 73.1. The minimum atomic E-state index is -4.96. The Hall–Kier alpha value is -1.94. The molecule has 3 N–H and O–H groups in total. The van der Waals surface area contributed by atoms with Gasteiger partial charge in [0.05, 0.1) is 26.4 Å². The van der Waals surface area contributed by atoms with Crippen molar-refractivity contribution in [1.82, 2.24) is 0 Å². The first-order valence-corrected chi connectivity index (χ1v) is 46.8. The van der Waals surface area contributed by atoms with Crippen LogP contribution in [0.25, 0.3) is 0 Å². The molecule has 19 heteroatoms. The lowest BCUT2D eigenvalue weighted by atomic mass is 9.99. The summed E-state index contributed by atoms with van der Waals surface area (Å²) in [5, 5.41) is 10.7. The second kappa shape index (κ2) is 73.8. The molecule has 0 heterocycles. The monoisotopic (exact) mass is 1520 g/mol. The van der Waals surface area contributed by atoms with Crippen molar-refractivity contribution in [2.75, 3.05) is 39.6 Å². The standard InChI is InChI=1S/C85H166O17P2/c1-9-77(7)63-55-47-38-32-26-22-18-13-11-12-14-20-24-28-35-41-51-59-67-84(89)102-81(72-96-83(88)66-58-50-44-43-46-54-62-76(5)6)74-100-104(93,94)98-70-79(86)69-97-103(91,92)99-73-80(101-85(90)68-60-52-42-36-30-29-33-39-48-56-64-78(8)10-2)71-95-82(87)65-57-49-40-34-27-23-19-16-15-17-21-25-31-37-45-53-61-75(3)4/h75-81,86H,9-74H2,1-8H3,(H,91,92)(H,93,94)/t77?,78?,79-,80-,81-/m1/s1. The van der Waals surface area contributed by atoms with Gasteiger partial charge < -0.3 is 33.8 Å². The molecule has 0 aliphatic carbocycles. The molecular weight excluding hydrogens is 1350 g/mol. The van der Waals surface area contributed by atoms with Gasteiger partial charge in [0, 0.05) is 25.7 Å². The largest absolute Gasteiger partial charge is 0.472 e. The number of carbonyl (C=O) groups is 4. The predicted molar refractivity (Wildman–Crippen MR) is 428 cm³/mol. The van der Waals surface area contributed by atoms with Crippen LogP contribution in [0.5, 0.6) is 0 Å². The molecule has 618 valence electrons. The summed E-state index contributed by atoms with van der Waals surface area (Å²) in [5.41, 5.74) is 0. The third-order valence-electron chi connectivity index (χ3n) is 20.5. The van der Waals surface area contributed by atoms with Gasteiger partial charge in [0.15, 0.2) is 12.2 Å². The Morgan fingerprint density at radius 1 is 0.269 bits per heavy atom. The molecule has 0 aromatic rings. The molecule has 0 fully saturated rings. The first-order chi connectivity index (χ1) is 50.2. The Balaban J connectivity index is 5.17. The Morgan fingerprint density at radius 2 is 0.462 bits per heavy atom. The number of ether oxygens (including phenoxy) is 4. The van der Waals surface area contributed by atoms with Crippen molar-refractivity contribution in [2.45, 2.75) is 459 Å². The summed E-state index contributed by atoms with van der Waals surface area (Å²) in [7, 11) is -9.93. The third-order valence-corrected chi connectivity index (χ3v) is 22.4. The van der Waals surface area contributed by atoms with Crippen molar-refractivity contribution >= 4 is 39.5 Å². The van der Waals surface area contributed by atoms with Crippen LogP contribution in [0, 0.1) is 23.7 Å². The van der Waals surface area contributed by atoms with E-state index in [1.54, 1.807) is 0 Å². The molecule has 0 aromatic carbocycles. The van der Waals surface area contributed by atoms with Crippen LogP contribution in [-0.2, 0) is 65.4 Å². The van der Waals surface area contributed by atoms with Gasteiger partial charge in [0.25, 0.3) is 0 Å². The summed E-state index contributed by atoms with van der Waals surface area (Å²) < 4.78 is 68.8. The first kappa shape index (κ1) is 102. The maximum absolute atomic E-state index is 13.1. The Bertz CT molecular complexity index is 2030. The Morgan fingerprint density at radius 3 is 0.683 bits per heavy atom. The molecule has 0 saturated heterocycles. The fourth-order valence-electron chi connectivity index (χ4n) is 13.1. The van der Waals surface area contributed by atoms with Gasteiger partial charge in [-0.2, -0.15) is 0 Å². The smallest absolute Gasteiger partial charge is 0.462 e. The summed E-state index contributed by atoms with van der Waals surface area (Å²) in [6, 6.07) is 0. The first-order valence-electron chi connectivity index (χ1n) is 43.8. The highest BCUT2D eigenvalue weighted by Gasteiger charge is 2.30. The van der Waals surface area contributed by atoms with Crippen molar-refractivity contribution in [3.63, 3.8) is 0 Å². The van der Waals surface area contributed by atoms with Crippen LogP contribution < -0.4 is 0 Å². The van der Waals surface area contributed by atoms with Crippen LogP contribution in [0.4, 0.5) is 0 Å². The van der Waals surface area contributed by atoms with Gasteiger partial charge in [0.1, 0.15) is 19.3 Å². The van der Waals surface area contributed by atoms with Gasteiger partial charge >= 0.3 is 39.5 Å². The number of aliphatic hydroxyl groups is 1. The van der Waals surface area contributed by atoms with Crippen LogP contribution in [-0.4, -0.2) is 96.7 Å². The minimum Gasteiger partial charge on any atom is -0.462 e. The number of hydrogen-bond donors (Lipinski definition) is 3. The van der Waals surface area contributed by atoms with Crippen LogP contribution in [0.1, 0.15) is 441 Å². The van der Waals surface area contributed by atoms with E-state index in [2.05, 4.69) is 55.4 Å². The average Bonchev–Trinajstić information content (AvgIpc) is 1.04. The number of phosphoric ester groups is 2. The van der Waals surface area contributed by atoms with Gasteiger partial charge in [-0.1, -0.05) is 389 Å². The van der Waals surface area contributed by atoms with E-state index in [1.807, 2.05) is 0 Å². The molecule has 0 amide bonds. The molecular formula is C85H166O17P2. The second-order valence-corrected chi connectivity index (χ2v) is 34.9. The van der Waals surface area contributed by atoms with E-state index in [4.69, 9.17) is 37.0 Å². The molecule has 104 heavy (non-hydrogen) atoms. The highest BCUT2D eigenvalue weighted by atomic mass is 31.2. The second-order valence-electron chi connectivity index (χ2n) is 32.0. The maximum Gasteiger partial charge on any atom is 0.472 e. The minimum absolute atomic E-state index is 0.106. The van der Waals surface area contributed by atoms with Crippen LogP contribution in [0.2, 0.25) is 0 Å².